The Balaban J connectivity index is 3.62. The number of ether oxygens (including phenoxy) is 1. The average molecular weight is 439 g/mol. The molecule has 0 aliphatic carbocycles. The van der Waals surface area contributed by atoms with Crippen LogP contribution in [0.3, 0.4) is 0 Å². The molecular weight excluding hydrogens is 393 g/mol. The Hall–Kier alpha value is -0.300. The van der Waals surface area contributed by atoms with E-state index < -0.39 is 20.7 Å². The van der Waals surface area contributed by atoms with Gasteiger partial charge in [0, 0.05) is 13.2 Å². The van der Waals surface area contributed by atoms with Crippen LogP contribution in [0.15, 0.2) is 0 Å². The minimum atomic E-state index is -2.04. The fourth-order valence-corrected chi connectivity index (χ4v) is 3.59. The van der Waals surface area contributed by atoms with Crippen molar-refractivity contribution in [2.45, 2.75) is 77.7 Å². The van der Waals surface area contributed by atoms with Gasteiger partial charge in [0.25, 0.3) is 0 Å². The maximum Gasteiger partial charge on any atom is 0.330 e. The van der Waals surface area contributed by atoms with E-state index in [0.717, 1.165) is 51.2 Å². The number of hydrogen-bond acceptors (Lipinski definition) is 5. The van der Waals surface area contributed by atoms with Gasteiger partial charge in [-0.25, -0.2) is 0 Å². The Kier molecular flexibility index (Phi) is 17.2. The van der Waals surface area contributed by atoms with Gasteiger partial charge in [0.15, 0.2) is 0 Å². The van der Waals surface area contributed by atoms with Crippen LogP contribution >= 0.6 is 8.60 Å². The predicted octanol–water partition coefficient (Wildman–Crippen LogP) is 4.58. The molecule has 0 fully saturated rings. The number of nitrogens with zero attached hydrogens (tertiary/aromatic N) is 1. The smallest absolute Gasteiger partial charge is 0.330 e. The first-order valence-electron chi connectivity index (χ1n) is 11.0. The van der Waals surface area contributed by atoms with E-state index in [2.05, 4.69) is 13.8 Å². The molecule has 3 atom stereocenters. The Bertz CT molecular complexity index is 405. The topological polar surface area (TPSA) is 85.2 Å². The molecule has 0 aromatic rings. The molecule has 2 N–H and O–H groups in total. The van der Waals surface area contributed by atoms with Crippen LogP contribution < -0.4 is 0 Å². The summed E-state index contributed by atoms with van der Waals surface area (Å²) >= 11 is 0. The van der Waals surface area contributed by atoms with Crippen molar-refractivity contribution in [2.24, 2.45) is 5.92 Å². The Labute approximate surface area is 179 Å². The van der Waals surface area contributed by atoms with E-state index in [1.807, 2.05) is 21.1 Å². The minimum Gasteiger partial charge on any atom is -0.481 e. The highest BCUT2D eigenvalue weighted by Crippen LogP contribution is 2.36. The molecule has 0 aliphatic rings. The van der Waals surface area contributed by atoms with E-state index in [1.54, 1.807) is 0 Å². The second-order valence-electron chi connectivity index (χ2n) is 8.91. The van der Waals surface area contributed by atoms with Gasteiger partial charge >= 0.3 is 14.6 Å². The zero-order valence-electron chi connectivity index (χ0n) is 19.3. The van der Waals surface area contributed by atoms with Crippen LogP contribution in [-0.4, -0.2) is 74.1 Å². The molecule has 0 amide bonds. The normalized spacial score (nSPS) is 15.2. The fourth-order valence-electron chi connectivity index (χ4n) is 2.85. The maximum absolute atomic E-state index is 11.0. The summed E-state index contributed by atoms with van der Waals surface area (Å²) in [5.74, 6) is -0.184. The zero-order valence-corrected chi connectivity index (χ0v) is 20.2. The molecule has 3 unspecified atom stereocenters. The molecule has 0 bridgehead atoms. The second kappa shape index (κ2) is 17.4. The van der Waals surface area contributed by atoms with Crippen LogP contribution in [0.1, 0.15) is 71.6 Å². The van der Waals surface area contributed by atoms with Crippen LogP contribution in [0.4, 0.5) is 0 Å². The number of rotatable bonds is 20. The van der Waals surface area contributed by atoms with Gasteiger partial charge in [-0.05, 0) is 25.2 Å². The summed E-state index contributed by atoms with van der Waals surface area (Å²) in [7, 11) is 3.83. The first-order chi connectivity index (χ1) is 13.6. The highest BCUT2D eigenvalue weighted by atomic mass is 31.2. The van der Waals surface area contributed by atoms with E-state index in [9.17, 15) is 9.69 Å². The molecule has 8 heteroatoms. The largest absolute Gasteiger partial charge is 0.481 e. The summed E-state index contributed by atoms with van der Waals surface area (Å²) in [6, 6.07) is 0. The summed E-state index contributed by atoms with van der Waals surface area (Å²) in [5.41, 5.74) is 0. The average Bonchev–Trinajstić information content (AvgIpc) is 2.60. The molecular formula is C21H45NO6P+. The van der Waals surface area contributed by atoms with E-state index >= 15 is 0 Å². The molecule has 0 saturated carbocycles. The predicted molar refractivity (Wildman–Crippen MR) is 118 cm³/mol. The SMILES string of the molecule is CCC(C)CCOCCCCCCCCOP(O)OC(CC(=O)O)C[N+](C)(C)C. The van der Waals surface area contributed by atoms with Crippen LogP contribution in [0.5, 0.6) is 0 Å². The van der Waals surface area contributed by atoms with Crippen LogP contribution in [0.25, 0.3) is 0 Å². The van der Waals surface area contributed by atoms with Gasteiger partial charge in [-0.2, -0.15) is 0 Å². The molecule has 0 aromatic heterocycles. The second-order valence-corrected chi connectivity index (χ2v) is 9.85. The highest BCUT2D eigenvalue weighted by Gasteiger charge is 2.25. The van der Waals surface area contributed by atoms with Gasteiger partial charge in [0.05, 0.1) is 34.2 Å². The van der Waals surface area contributed by atoms with E-state index in [-0.39, 0.29) is 6.42 Å². The van der Waals surface area contributed by atoms with Crippen molar-refractivity contribution in [3.05, 3.63) is 0 Å². The number of carboxylic acid groups (broad SMARTS) is 1. The van der Waals surface area contributed by atoms with Crippen molar-refractivity contribution < 1.29 is 33.1 Å². The van der Waals surface area contributed by atoms with Crippen molar-refractivity contribution in [2.75, 3.05) is 47.5 Å². The number of quaternary nitrogens is 1. The highest BCUT2D eigenvalue weighted by molar-refractivity contribution is 7.40. The molecule has 29 heavy (non-hydrogen) atoms. The Morgan fingerprint density at radius 2 is 1.59 bits per heavy atom. The van der Waals surface area contributed by atoms with Crippen LogP contribution in [-0.2, 0) is 18.6 Å². The van der Waals surface area contributed by atoms with Crippen molar-refractivity contribution in [1.82, 2.24) is 0 Å². The fraction of sp³-hybridized carbons (Fsp3) is 0.952. The lowest BCUT2D eigenvalue weighted by Crippen LogP contribution is -2.42. The molecule has 0 heterocycles. The summed E-state index contributed by atoms with van der Waals surface area (Å²) in [6.07, 6.45) is 8.22. The molecule has 174 valence electrons. The minimum absolute atomic E-state index is 0.139. The lowest BCUT2D eigenvalue weighted by molar-refractivity contribution is -0.873. The Morgan fingerprint density at radius 1 is 1.00 bits per heavy atom. The molecule has 0 rings (SSSR count). The van der Waals surface area contributed by atoms with Crippen molar-refractivity contribution in [1.29, 1.82) is 0 Å². The number of carbonyl (C=O) groups is 1. The van der Waals surface area contributed by atoms with Gasteiger partial charge in [-0.1, -0.05) is 46.0 Å². The van der Waals surface area contributed by atoms with Crippen molar-refractivity contribution in [3.63, 3.8) is 0 Å². The lowest BCUT2D eigenvalue weighted by atomic mass is 10.1. The Morgan fingerprint density at radius 3 is 2.14 bits per heavy atom. The molecule has 7 nitrogen and oxygen atoms in total. The van der Waals surface area contributed by atoms with E-state index in [1.165, 1.54) is 19.3 Å². The first kappa shape index (κ1) is 28.7. The molecule has 0 aromatic carbocycles. The number of carboxylic acids is 1. The van der Waals surface area contributed by atoms with E-state index in [4.69, 9.17) is 18.9 Å². The lowest BCUT2D eigenvalue weighted by Gasteiger charge is -2.29. The summed E-state index contributed by atoms with van der Waals surface area (Å²) < 4.78 is 17.0. The summed E-state index contributed by atoms with van der Waals surface area (Å²) in [5, 5.41) is 8.99. The number of unbranched alkanes of at least 4 members (excludes halogenated alkanes) is 5. The van der Waals surface area contributed by atoms with Crippen LogP contribution in [0, 0.1) is 5.92 Å². The maximum atomic E-state index is 11.0. The number of hydrogen-bond donors (Lipinski definition) is 2. The monoisotopic (exact) mass is 438 g/mol. The first-order valence-corrected chi connectivity index (χ1v) is 12.2. The van der Waals surface area contributed by atoms with Crippen molar-refractivity contribution >= 4 is 14.6 Å². The van der Waals surface area contributed by atoms with Gasteiger partial charge < -0.3 is 28.3 Å². The third-order valence-electron chi connectivity index (χ3n) is 4.73. The van der Waals surface area contributed by atoms with Gasteiger partial charge in [0.1, 0.15) is 12.6 Å². The summed E-state index contributed by atoms with van der Waals surface area (Å²) in [6.45, 7) is 7.14. The third kappa shape index (κ3) is 20.7. The van der Waals surface area contributed by atoms with Gasteiger partial charge in [0.2, 0.25) is 0 Å². The quantitative estimate of drug-likeness (QED) is 0.164. The number of aliphatic carboxylic acids is 1. The van der Waals surface area contributed by atoms with Gasteiger partial charge in [-0.15, -0.1) is 0 Å². The molecule has 0 spiro atoms. The van der Waals surface area contributed by atoms with Gasteiger partial charge in [-0.3, -0.25) is 4.79 Å². The molecule has 0 saturated heterocycles. The zero-order chi connectivity index (χ0) is 22.1. The third-order valence-corrected chi connectivity index (χ3v) is 5.61. The molecule has 0 radical (unpaired) electrons. The standard InChI is InChI=1S/C21H44NO6P/c1-6-19(2)13-16-26-14-11-9-7-8-10-12-15-27-29(25)28-20(17-21(23)24)18-22(3,4)5/h19-20,25H,6-18H2,1-5H3/p+1. The van der Waals surface area contributed by atoms with Crippen molar-refractivity contribution in [3.8, 4) is 0 Å². The van der Waals surface area contributed by atoms with E-state index in [0.29, 0.717) is 17.6 Å². The molecule has 0 aliphatic heterocycles. The summed E-state index contributed by atoms with van der Waals surface area (Å²) in [4.78, 5) is 20.9. The van der Waals surface area contributed by atoms with Crippen LogP contribution in [0.2, 0.25) is 0 Å². The number of likely N-dealkylation sites (N-methyl/N-ethyl adjacent to an activating group) is 1.